The molecule has 0 bridgehead atoms. The lowest BCUT2D eigenvalue weighted by atomic mass is 9.94. The summed E-state index contributed by atoms with van der Waals surface area (Å²) in [5.41, 5.74) is 0. The molecule has 0 unspecified atom stereocenters. The maximum atomic E-state index is 9.57. The van der Waals surface area contributed by atoms with Crippen LogP contribution in [0.5, 0.6) is 0 Å². The van der Waals surface area contributed by atoms with E-state index in [9.17, 15) is 20.4 Å². The lowest BCUT2D eigenvalue weighted by molar-refractivity contribution is -0.304. The summed E-state index contributed by atoms with van der Waals surface area (Å²) in [5, 5.41) is 38.0. The molecule has 4 N–H and O–H groups in total. The number of hydrogen-bond acceptors (Lipinski definition) is 6. The molecule has 6 heteroatoms. The van der Waals surface area contributed by atoms with Gasteiger partial charge in [0.1, 0.15) is 24.4 Å². The van der Waals surface area contributed by atoms with Crippen molar-refractivity contribution < 1.29 is 29.9 Å². The third-order valence-corrected chi connectivity index (χ3v) is 2.64. The van der Waals surface area contributed by atoms with E-state index >= 15 is 0 Å². The van der Waals surface area contributed by atoms with Crippen molar-refractivity contribution in [3.63, 3.8) is 0 Å². The van der Waals surface area contributed by atoms with Crippen LogP contribution in [0.25, 0.3) is 0 Å². The highest BCUT2D eigenvalue weighted by Crippen LogP contribution is 2.24. The number of hydrogen-bond donors (Lipinski definition) is 4. The molecule has 1 aliphatic rings. The van der Waals surface area contributed by atoms with Gasteiger partial charge in [-0.3, -0.25) is 0 Å². The minimum absolute atomic E-state index is 0.376. The van der Waals surface area contributed by atoms with Crippen LogP contribution in [-0.2, 0) is 9.47 Å². The van der Waals surface area contributed by atoms with Gasteiger partial charge < -0.3 is 29.9 Å². The second-order valence-electron chi connectivity index (χ2n) is 3.65. The van der Waals surface area contributed by atoms with E-state index in [4.69, 9.17) is 9.47 Å². The number of aliphatic hydroxyl groups excluding tert-OH is 4. The number of ether oxygens (including phenoxy) is 2. The topological polar surface area (TPSA) is 99.4 Å². The maximum absolute atomic E-state index is 9.57. The summed E-state index contributed by atoms with van der Waals surface area (Å²) >= 11 is 0. The summed E-state index contributed by atoms with van der Waals surface area (Å²) < 4.78 is 9.94. The molecule has 0 aromatic rings. The van der Waals surface area contributed by atoms with E-state index < -0.39 is 36.8 Å². The van der Waals surface area contributed by atoms with Gasteiger partial charge in [-0.25, -0.2) is 0 Å². The van der Waals surface area contributed by atoms with Gasteiger partial charge in [-0.05, 0) is 6.42 Å². The predicted octanol–water partition coefficient (Wildman–Crippen LogP) is -1.79. The molecule has 6 atom stereocenters. The van der Waals surface area contributed by atoms with Crippen LogP contribution in [0.1, 0.15) is 13.3 Å². The van der Waals surface area contributed by atoms with Crippen LogP contribution in [0.15, 0.2) is 0 Å². The SMILES string of the molecule is CC[C@H](O)[C@H]1O[C@H](OC)[C@H](O)[C@@H](O)[C@@H]1O. The van der Waals surface area contributed by atoms with Crippen molar-refractivity contribution in [2.45, 2.75) is 50.2 Å². The first kappa shape index (κ1) is 12.8. The van der Waals surface area contributed by atoms with E-state index in [0.29, 0.717) is 6.42 Å². The van der Waals surface area contributed by atoms with Crippen LogP contribution < -0.4 is 0 Å². The van der Waals surface area contributed by atoms with Crippen LogP contribution in [0.2, 0.25) is 0 Å². The molecule has 1 heterocycles. The Morgan fingerprint density at radius 3 is 2.27 bits per heavy atom. The van der Waals surface area contributed by atoms with E-state index in [2.05, 4.69) is 0 Å². The summed E-state index contributed by atoms with van der Waals surface area (Å²) in [6.45, 7) is 1.72. The van der Waals surface area contributed by atoms with Gasteiger partial charge in [-0.2, -0.15) is 0 Å². The standard InChI is InChI=1S/C9H18O6/c1-3-4(10)8-6(12)5(11)7(13)9(14-2)15-8/h4-13H,3H2,1-2H3/t4-,5-,6-,7+,8+,9-/m0/s1. The third-order valence-electron chi connectivity index (χ3n) is 2.64. The van der Waals surface area contributed by atoms with Crippen molar-refractivity contribution in [2.24, 2.45) is 0 Å². The first-order valence-corrected chi connectivity index (χ1v) is 4.93. The smallest absolute Gasteiger partial charge is 0.186 e. The Kier molecular flexibility index (Phi) is 4.45. The van der Waals surface area contributed by atoms with Gasteiger partial charge in [-0.15, -0.1) is 0 Å². The van der Waals surface area contributed by atoms with Crippen molar-refractivity contribution in [3.8, 4) is 0 Å². The van der Waals surface area contributed by atoms with E-state index in [-0.39, 0.29) is 0 Å². The van der Waals surface area contributed by atoms with Crippen LogP contribution in [0.3, 0.4) is 0 Å². The molecule has 0 spiro atoms. The number of aliphatic hydroxyl groups is 4. The van der Waals surface area contributed by atoms with Crippen molar-refractivity contribution in [1.29, 1.82) is 0 Å². The maximum Gasteiger partial charge on any atom is 0.186 e. The normalized spacial score (nSPS) is 44.0. The van der Waals surface area contributed by atoms with Crippen molar-refractivity contribution in [1.82, 2.24) is 0 Å². The second kappa shape index (κ2) is 5.20. The molecular weight excluding hydrogens is 204 g/mol. The summed E-state index contributed by atoms with van der Waals surface area (Å²) in [6, 6.07) is 0. The number of rotatable bonds is 3. The fourth-order valence-electron chi connectivity index (χ4n) is 1.62. The molecule has 1 aliphatic heterocycles. The number of methoxy groups -OCH3 is 1. The average molecular weight is 222 g/mol. The largest absolute Gasteiger partial charge is 0.390 e. The summed E-state index contributed by atoms with van der Waals surface area (Å²) in [5.74, 6) is 0. The van der Waals surface area contributed by atoms with Crippen LogP contribution in [0.4, 0.5) is 0 Å². The Balaban J connectivity index is 2.74. The Morgan fingerprint density at radius 1 is 1.20 bits per heavy atom. The highest BCUT2D eigenvalue weighted by atomic mass is 16.7. The Morgan fingerprint density at radius 2 is 1.80 bits per heavy atom. The van der Waals surface area contributed by atoms with Gasteiger partial charge in [0.15, 0.2) is 6.29 Å². The summed E-state index contributed by atoms with van der Waals surface area (Å²) in [6.07, 6.45) is -6.52. The zero-order valence-corrected chi connectivity index (χ0v) is 8.78. The molecule has 0 aromatic heterocycles. The first-order chi connectivity index (χ1) is 7.02. The molecule has 90 valence electrons. The third kappa shape index (κ3) is 2.47. The molecule has 0 aliphatic carbocycles. The van der Waals surface area contributed by atoms with Gasteiger partial charge in [0, 0.05) is 7.11 Å². The molecule has 1 fully saturated rings. The lowest BCUT2D eigenvalue weighted by Gasteiger charge is -2.41. The summed E-state index contributed by atoms with van der Waals surface area (Å²) in [7, 11) is 1.31. The zero-order valence-electron chi connectivity index (χ0n) is 8.78. The summed E-state index contributed by atoms with van der Waals surface area (Å²) in [4.78, 5) is 0. The quantitative estimate of drug-likeness (QED) is 0.450. The van der Waals surface area contributed by atoms with E-state index in [0.717, 1.165) is 0 Å². The van der Waals surface area contributed by atoms with E-state index in [1.165, 1.54) is 7.11 Å². The van der Waals surface area contributed by atoms with Gasteiger partial charge in [0.2, 0.25) is 0 Å². The van der Waals surface area contributed by atoms with Crippen LogP contribution in [-0.4, -0.2) is 64.3 Å². The van der Waals surface area contributed by atoms with Gasteiger partial charge in [-0.1, -0.05) is 6.92 Å². The fraction of sp³-hybridized carbons (Fsp3) is 1.00. The zero-order chi connectivity index (χ0) is 11.6. The van der Waals surface area contributed by atoms with Gasteiger partial charge >= 0.3 is 0 Å². The molecule has 1 rings (SSSR count). The molecule has 0 aromatic carbocycles. The van der Waals surface area contributed by atoms with E-state index in [1.54, 1.807) is 6.92 Å². The molecule has 15 heavy (non-hydrogen) atoms. The molecule has 0 radical (unpaired) electrons. The first-order valence-electron chi connectivity index (χ1n) is 4.93. The highest BCUT2D eigenvalue weighted by molar-refractivity contribution is 4.91. The minimum Gasteiger partial charge on any atom is -0.390 e. The van der Waals surface area contributed by atoms with E-state index in [1.807, 2.05) is 0 Å². The molecular formula is C9H18O6. The molecule has 1 saturated heterocycles. The van der Waals surface area contributed by atoms with Crippen LogP contribution in [0, 0.1) is 0 Å². The minimum atomic E-state index is -1.38. The van der Waals surface area contributed by atoms with Crippen molar-refractivity contribution >= 4 is 0 Å². The Hall–Kier alpha value is -0.240. The fourth-order valence-corrected chi connectivity index (χ4v) is 1.62. The highest BCUT2D eigenvalue weighted by Gasteiger charge is 2.46. The Labute approximate surface area is 88.1 Å². The Bertz CT molecular complexity index is 197. The lowest BCUT2D eigenvalue weighted by Crippen LogP contribution is -2.60. The molecule has 0 saturated carbocycles. The predicted molar refractivity (Wildman–Crippen MR) is 50.0 cm³/mol. The van der Waals surface area contributed by atoms with Crippen LogP contribution >= 0.6 is 0 Å². The monoisotopic (exact) mass is 222 g/mol. The molecule has 6 nitrogen and oxygen atoms in total. The van der Waals surface area contributed by atoms with Gasteiger partial charge in [0.25, 0.3) is 0 Å². The van der Waals surface area contributed by atoms with Crippen molar-refractivity contribution in [3.05, 3.63) is 0 Å². The average Bonchev–Trinajstić information content (AvgIpc) is 2.25. The second-order valence-corrected chi connectivity index (χ2v) is 3.65. The van der Waals surface area contributed by atoms with Crippen molar-refractivity contribution in [2.75, 3.05) is 7.11 Å². The van der Waals surface area contributed by atoms with Gasteiger partial charge in [0.05, 0.1) is 6.10 Å². The molecule has 0 amide bonds.